The van der Waals surface area contributed by atoms with E-state index in [9.17, 15) is 0 Å². The van der Waals surface area contributed by atoms with Gasteiger partial charge in [-0.15, -0.1) is 0 Å². The fraction of sp³-hybridized carbons (Fsp3) is 0.0476. The van der Waals surface area contributed by atoms with Crippen molar-refractivity contribution >= 4 is 5.69 Å². The third-order valence-electron chi connectivity index (χ3n) is 4.15. The summed E-state index contributed by atoms with van der Waals surface area (Å²) in [5, 5.41) is 0. The first-order chi connectivity index (χ1) is 12.3. The second kappa shape index (κ2) is 6.14. The van der Waals surface area contributed by atoms with Crippen LogP contribution in [0, 0.1) is 6.57 Å². The Balaban J connectivity index is 1.88. The van der Waals surface area contributed by atoms with Crippen LogP contribution in [0.5, 0.6) is 0 Å². The van der Waals surface area contributed by atoms with E-state index >= 15 is 0 Å². The molecule has 4 heteroatoms. The van der Waals surface area contributed by atoms with Crippen molar-refractivity contribution in [2.24, 2.45) is 7.05 Å². The van der Waals surface area contributed by atoms with Gasteiger partial charge in [-0.1, -0.05) is 48.5 Å². The SMILES string of the molecule is [C-]#[N+]c1cccc(-c2nccn2-c2cn(C)cc2-c2ccccc2)c1. The lowest BCUT2D eigenvalue weighted by molar-refractivity contribution is 0.919. The molecule has 2 heterocycles. The van der Waals surface area contributed by atoms with Gasteiger partial charge in [-0.2, -0.15) is 0 Å². The first kappa shape index (κ1) is 15.0. The van der Waals surface area contributed by atoms with Crippen LogP contribution in [-0.2, 0) is 7.05 Å². The molecule has 4 nitrogen and oxygen atoms in total. The van der Waals surface area contributed by atoms with Gasteiger partial charge in [-0.25, -0.2) is 9.83 Å². The van der Waals surface area contributed by atoms with Crippen LogP contribution in [0.1, 0.15) is 0 Å². The normalized spacial score (nSPS) is 10.6. The second-order valence-electron chi connectivity index (χ2n) is 5.87. The fourth-order valence-corrected chi connectivity index (χ4v) is 3.03. The van der Waals surface area contributed by atoms with E-state index in [4.69, 9.17) is 6.57 Å². The average molecular weight is 324 g/mol. The van der Waals surface area contributed by atoms with E-state index in [-0.39, 0.29) is 0 Å². The first-order valence-corrected chi connectivity index (χ1v) is 7.99. The van der Waals surface area contributed by atoms with Gasteiger partial charge in [-0.05, 0) is 11.6 Å². The van der Waals surface area contributed by atoms with Gasteiger partial charge >= 0.3 is 0 Å². The lowest BCUT2D eigenvalue weighted by atomic mass is 10.1. The predicted octanol–water partition coefficient (Wildman–Crippen LogP) is 5.10. The summed E-state index contributed by atoms with van der Waals surface area (Å²) >= 11 is 0. The van der Waals surface area contributed by atoms with E-state index in [1.165, 1.54) is 0 Å². The summed E-state index contributed by atoms with van der Waals surface area (Å²) in [7, 11) is 2.02. The van der Waals surface area contributed by atoms with Crippen molar-refractivity contribution in [2.75, 3.05) is 0 Å². The lowest BCUT2D eigenvalue weighted by Crippen LogP contribution is -1.96. The summed E-state index contributed by atoms with van der Waals surface area (Å²) in [6.07, 6.45) is 7.96. The molecule has 4 aromatic rings. The summed E-state index contributed by atoms with van der Waals surface area (Å²) in [6.45, 7) is 7.23. The molecule has 0 aliphatic heterocycles. The summed E-state index contributed by atoms with van der Waals surface area (Å²) < 4.78 is 4.13. The molecule has 0 bridgehead atoms. The maximum atomic E-state index is 7.23. The van der Waals surface area contributed by atoms with Gasteiger partial charge in [0.25, 0.3) is 0 Å². The van der Waals surface area contributed by atoms with Gasteiger partial charge in [0.15, 0.2) is 5.69 Å². The van der Waals surface area contributed by atoms with Crippen molar-refractivity contribution in [3.05, 3.63) is 90.8 Å². The van der Waals surface area contributed by atoms with E-state index in [1.807, 2.05) is 55.7 Å². The van der Waals surface area contributed by atoms with Crippen LogP contribution in [-0.4, -0.2) is 14.1 Å². The van der Waals surface area contributed by atoms with Crippen LogP contribution in [0.15, 0.2) is 79.4 Å². The largest absolute Gasteiger partial charge is 0.354 e. The monoisotopic (exact) mass is 324 g/mol. The average Bonchev–Trinajstić information content (AvgIpc) is 3.29. The van der Waals surface area contributed by atoms with E-state index in [0.29, 0.717) is 5.69 Å². The molecule has 0 saturated carbocycles. The maximum absolute atomic E-state index is 7.23. The zero-order chi connectivity index (χ0) is 17.2. The number of imidazole rings is 1. The number of nitrogens with zero attached hydrogens (tertiary/aromatic N) is 4. The number of aromatic nitrogens is 3. The van der Waals surface area contributed by atoms with Crippen molar-refractivity contribution < 1.29 is 0 Å². The van der Waals surface area contributed by atoms with Gasteiger partial charge in [0, 0.05) is 43.0 Å². The standard InChI is InChI=1S/C21H16N4/c1-22-18-10-6-9-17(13-18)21-23-11-12-25(21)20-15-24(2)14-19(20)16-7-4-3-5-8-16/h3-15H,2H3. The van der Waals surface area contributed by atoms with Crippen molar-refractivity contribution in [3.8, 4) is 28.2 Å². The van der Waals surface area contributed by atoms with Gasteiger partial charge in [0.05, 0.1) is 12.3 Å². The Morgan fingerprint density at radius 2 is 1.76 bits per heavy atom. The minimum absolute atomic E-state index is 0.614. The molecule has 0 aliphatic rings. The molecular weight excluding hydrogens is 308 g/mol. The Labute approximate surface area is 146 Å². The Morgan fingerprint density at radius 3 is 2.56 bits per heavy atom. The maximum Gasteiger partial charge on any atom is 0.187 e. The summed E-state index contributed by atoms with van der Waals surface area (Å²) in [4.78, 5) is 8.05. The predicted molar refractivity (Wildman–Crippen MR) is 99.7 cm³/mol. The third-order valence-corrected chi connectivity index (χ3v) is 4.15. The van der Waals surface area contributed by atoms with Crippen molar-refractivity contribution in [2.45, 2.75) is 0 Å². The van der Waals surface area contributed by atoms with Crippen molar-refractivity contribution in [1.82, 2.24) is 14.1 Å². The Hall–Kier alpha value is -3.58. The smallest absolute Gasteiger partial charge is 0.187 e. The minimum atomic E-state index is 0.614. The highest BCUT2D eigenvalue weighted by Crippen LogP contribution is 2.31. The molecule has 0 atom stereocenters. The number of benzene rings is 2. The van der Waals surface area contributed by atoms with Gasteiger partial charge in [0.2, 0.25) is 0 Å². The topological polar surface area (TPSA) is 27.1 Å². The Bertz CT molecular complexity index is 1060. The van der Waals surface area contributed by atoms with Crippen LogP contribution in [0.4, 0.5) is 5.69 Å². The zero-order valence-electron chi connectivity index (χ0n) is 13.8. The third kappa shape index (κ3) is 2.73. The van der Waals surface area contributed by atoms with E-state index < -0.39 is 0 Å². The molecular formula is C21H16N4. The Morgan fingerprint density at radius 1 is 0.960 bits per heavy atom. The summed E-state index contributed by atoms with van der Waals surface area (Å²) in [5.74, 6) is 0.828. The zero-order valence-corrected chi connectivity index (χ0v) is 13.8. The first-order valence-electron chi connectivity index (χ1n) is 7.99. The number of aryl methyl sites for hydroxylation is 1. The van der Waals surface area contributed by atoms with Crippen LogP contribution < -0.4 is 0 Å². The Kier molecular flexibility index (Phi) is 3.68. The summed E-state index contributed by atoms with van der Waals surface area (Å²) in [6, 6.07) is 17.9. The van der Waals surface area contributed by atoms with Crippen LogP contribution >= 0.6 is 0 Å². The number of hydrogen-bond donors (Lipinski definition) is 0. The molecule has 0 radical (unpaired) electrons. The van der Waals surface area contributed by atoms with Crippen LogP contribution in [0.25, 0.3) is 33.0 Å². The highest BCUT2D eigenvalue weighted by atomic mass is 15.1. The molecule has 2 aromatic carbocycles. The minimum Gasteiger partial charge on any atom is -0.354 e. The van der Waals surface area contributed by atoms with Gasteiger partial charge in [-0.3, -0.25) is 4.57 Å². The number of hydrogen-bond acceptors (Lipinski definition) is 1. The van der Waals surface area contributed by atoms with Crippen LogP contribution in [0.2, 0.25) is 0 Å². The lowest BCUT2D eigenvalue weighted by Gasteiger charge is -2.10. The highest BCUT2D eigenvalue weighted by molar-refractivity contribution is 5.75. The second-order valence-corrected chi connectivity index (χ2v) is 5.87. The van der Waals surface area contributed by atoms with Crippen molar-refractivity contribution in [3.63, 3.8) is 0 Å². The molecule has 0 amide bonds. The molecule has 0 saturated heterocycles. The molecule has 0 spiro atoms. The van der Waals surface area contributed by atoms with Crippen LogP contribution in [0.3, 0.4) is 0 Å². The highest BCUT2D eigenvalue weighted by Gasteiger charge is 2.14. The molecule has 0 unspecified atom stereocenters. The van der Waals surface area contributed by atoms with E-state index in [0.717, 1.165) is 28.2 Å². The molecule has 2 aromatic heterocycles. The molecule has 0 N–H and O–H groups in total. The molecule has 0 aliphatic carbocycles. The molecule has 4 rings (SSSR count). The summed E-state index contributed by atoms with van der Waals surface area (Å²) in [5.41, 5.74) is 4.91. The quantitative estimate of drug-likeness (QED) is 0.482. The van der Waals surface area contributed by atoms with Gasteiger partial charge in [0.1, 0.15) is 5.82 Å². The number of rotatable bonds is 3. The van der Waals surface area contributed by atoms with E-state index in [2.05, 4.69) is 43.5 Å². The van der Waals surface area contributed by atoms with Crippen molar-refractivity contribution in [1.29, 1.82) is 0 Å². The van der Waals surface area contributed by atoms with E-state index in [1.54, 1.807) is 6.20 Å². The van der Waals surface area contributed by atoms with Gasteiger partial charge < -0.3 is 4.57 Å². The molecule has 0 fully saturated rings. The molecule has 25 heavy (non-hydrogen) atoms. The fourth-order valence-electron chi connectivity index (χ4n) is 3.03. The molecule has 120 valence electrons.